The second-order valence-corrected chi connectivity index (χ2v) is 3.07. The van der Waals surface area contributed by atoms with Gasteiger partial charge in [0.2, 0.25) is 0 Å². The number of nitrogens with zero attached hydrogens (tertiary/aromatic N) is 1. The maximum absolute atomic E-state index is 12.4. The molecule has 1 heterocycles. The molecule has 1 rings (SSSR count). The minimum absolute atomic E-state index is 0.362. The van der Waals surface area contributed by atoms with Gasteiger partial charge in [-0.2, -0.15) is 0 Å². The minimum Gasteiger partial charge on any atom is -0.505 e. The maximum atomic E-state index is 12.4. The lowest BCUT2D eigenvalue weighted by atomic mass is 10.1. The average Bonchev–Trinajstić information content (AvgIpc) is 2.12. The highest BCUT2D eigenvalue weighted by atomic mass is 35.5. The van der Waals surface area contributed by atoms with Crippen molar-refractivity contribution in [1.29, 1.82) is 0 Å². The average molecular weight is 238 g/mol. The van der Waals surface area contributed by atoms with Gasteiger partial charge in [-0.15, -0.1) is 0 Å². The summed E-state index contributed by atoms with van der Waals surface area (Å²) in [4.78, 5) is 13.6. The van der Waals surface area contributed by atoms with E-state index in [-0.39, 0.29) is 5.56 Å². The van der Waals surface area contributed by atoms with E-state index in [1.807, 2.05) is 0 Å². The van der Waals surface area contributed by atoms with Gasteiger partial charge in [-0.3, -0.25) is 9.78 Å². The number of carbonyl (C=O) groups is 1. The van der Waals surface area contributed by atoms with Gasteiger partial charge in [-0.25, -0.2) is 8.78 Å². The largest absolute Gasteiger partial charge is 0.505 e. The van der Waals surface area contributed by atoms with E-state index in [4.69, 9.17) is 21.8 Å². The van der Waals surface area contributed by atoms with Crippen LogP contribution in [0.25, 0.3) is 0 Å². The number of hydrogen-bond acceptors (Lipinski definition) is 3. The zero-order valence-corrected chi connectivity index (χ0v) is 8.00. The minimum atomic E-state index is -2.93. The Hall–Kier alpha value is -1.43. The summed E-state index contributed by atoms with van der Waals surface area (Å²) in [5.41, 5.74) is -1.08. The Kier molecular flexibility index (Phi) is 3.41. The van der Waals surface area contributed by atoms with Gasteiger partial charge in [0.05, 0.1) is 17.6 Å². The molecule has 82 valence electrons. The van der Waals surface area contributed by atoms with Crippen molar-refractivity contribution in [2.24, 2.45) is 0 Å². The lowest BCUT2D eigenvalue weighted by molar-refractivity contribution is -0.136. The third-order valence-corrected chi connectivity index (χ3v) is 2.08. The van der Waals surface area contributed by atoms with Crippen molar-refractivity contribution in [3.05, 3.63) is 22.5 Å². The molecule has 0 spiro atoms. The van der Waals surface area contributed by atoms with Crippen molar-refractivity contribution in [2.45, 2.75) is 12.8 Å². The normalized spacial score (nSPS) is 10.7. The number of hydrogen-bond donors (Lipinski definition) is 2. The topological polar surface area (TPSA) is 70.4 Å². The van der Waals surface area contributed by atoms with Gasteiger partial charge in [0, 0.05) is 5.56 Å². The van der Waals surface area contributed by atoms with Crippen molar-refractivity contribution in [2.75, 3.05) is 0 Å². The Balaban J connectivity index is 3.28. The number of alkyl halides is 2. The van der Waals surface area contributed by atoms with Gasteiger partial charge in [0.15, 0.2) is 5.75 Å². The summed E-state index contributed by atoms with van der Waals surface area (Å²) in [5.74, 6) is -1.84. The molecule has 0 saturated carbocycles. The number of aliphatic carboxylic acids is 1. The van der Waals surface area contributed by atoms with Crippen LogP contribution < -0.4 is 0 Å². The molecule has 0 aliphatic rings. The van der Waals surface area contributed by atoms with Crippen LogP contribution in [-0.2, 0) is 11.2 Å². The van der Waals surface area contributed by atoms with Gasteiger partial charge >= 0.3 is 5.97 Å². The molecule has 0 fully saturated rings. The molecule has 0 aliphatic carbocycles. The van der Waals surface area contributed by atoms with Crippen LogP contribution >= 0.6 is 11.6 Å². The van der Waals surface area contributed by atoms with E-state index in [1.54, 1.807) is 0 Å². The number of carboxylic acid groups (broad SMARTS) is 1. The van der Waals surface area contributed by atoms with E-state index in [9.17, 15) is 13.6 Å². The molecule has 0 bridgehead atoms. The predicted molar refractivity (Wildman–Crippen MR) is 47.2 cm³/mol. The van der Waals surface area contributed by atoms with Gasteiger partial charge in [0.1, 0.15) is 5.69 Å². The number of rotatable bonds is 3. The first-order chi connectivity index (χ1) is 6.93. The van der Waals surface area contributed by atoms with Crippen molar-refractivity contribution >= 4 is 17.6 Å². The van der Waals surface area contributed by atoms with Crippen LogP contribution in [0, 0.1) is 0 Å². The van der Waals surface area contributed by atoms with Gasteiger partial charge < -0.3 is 10.2 Å². The molecular weight excluding hydrogens is 232 g/mol. The summed E-state index contributed by atoms with van der Waals surface area (Å²) >= 11 is 5.50. The van der Waals surface area contributed by atoms with Crippen LogP contribution in [0.2, 0.25) is 5.02 Å². The van der Waals surface area contributed by atoms with Crippen molar-refractivity contribution in [3.63, 3.8) is 0 Å². The van der Waals surface area contributed by atoms with Gasteiger partial charge in [-0.05, 0) is 0 Å². The highest BCUT2D eigenvalue weighted by molar-refractivity contribution is 6.33. The first kappa shape index (κ1) is 11.6. The molecule has 1 aromatic heterocycles. The molecule has 0 atom stereocenters. The number of halogens is 3. The molecule has 2 N–H and O–H groups in total. The Morgan fingerprint density at radius 1 is 1.60 bits per heavy atom. The molecule has 7 heteroatoms. The molecule has 0 radical (unpaired) electrons. The van der Waals surface area contributed by atoms with Gasteiger partial charge in [-0.1, -0.05) is 11.6 Å². The molecule has 0 amide bonds. The first-order valence-corrected chi connectivity index (χ1v) is 4.17. The van der Waals surface area contributed by atoms with Crippen LogP contribution in [0.3, 0.4) is 0 Å². The quantitative estimate of drug-likeness (QED) is 0.844. The Labute approximate surface area is 88.1 Å². The maximum Gasteiger partial charge on any atom is 0.307 e. The van der Waals surface area contributed by atoms with E-state index >= 15 is 0 Å². The fraction of sp³-hybridized carbons (Fsp3) is 0.250. The summed E-state index contributed by atoms with van der Waals surface area (Å²) in [5, 5.41) is 17.2. The molecule has 4 nitrogen and oxygen atoms in total. The molecular formula is C8H6ClF2NO3. The molecule has 0 saturated heterocycles. The lowest BCUT2D eigenvalue weighted by Gasteiger charge is -2.08. The highest BCUT2D eigenvalue weighted by Gasteiger charge is 2.21. The number of aromatic nitrogens is 1. The van der Waals surface area contributed by atoms with Gasteiger partial charge in [0.25, 0.3) is 6.43 Å². The fourth-order valence-corrected chi connectivity index (χ4v) is 1.25. The van der Waals surface area contributed by atoms with Crippen LogP contribution in [0.1, 0.15) is 17.7 Å². The Morgan fingerprint density at radius 3 is 2.67 bits per heavy atom. The smallest absolute Gasteiger partial charge is 0.307 e. The zero-order chi connectivity index (χ0) is 11.6. The van der Waals surface area contributed by atoms with Crippen molar-refractivity contribution < 1.29 is 23.8 Å². The van der Waals surface area contributed by atoms with Crippen LogP contribution in [0.15, 0.2) is 6.20 Å². The monoisotopic (exact) mass is 237 g/mol. The summed E-state index contributed by atoms with van der Waals surface area (Å²) in [6.07, 6.45) is -2.88. The van der Waals surface area contributed by atoms with E-state index in [2.05, 4.69) is 4.98 Å². The third kappa shape index (κ3) is 2.53. The fourth-order valence-electron chi connectivity index (χ4n) is 1.04. The van der Waals surface area contributed by atoms with E-state index in [1.165, 1.54) is 0 Å². The summed E-state index contributed by atoms with van der Waals surface area (Å²) in [6.45, 7) is 0. The second kappa shape index (κ2) is 4.39. The molecule has 0 aromatic carbocycles. The first-order valence-electron chi connectivity index (χ1n) is 3.79. The standard InChI is InChI=1S/C8H6ClF2NO3/c9-6-3(1-5(14)15)7(8(10)11)12-2-4(6)13/h2,8,13H,1H2,(H,14,15). The van der Waals surface area contributed by atoms with Crippen LogP contribution in [-0.4, -0.2) is 21.2 Å². The van der Waals surface area contributed by atoms with E-state index in [0.29, 0.717) is 0 Å². The molecule has 1 aromatic rings. The number of carboxylic acids is 1. The lowest BCUT2D eigenvalue weighted by Crippen LogP contribution is -2.06. The van der Waals surface area contributed by atoms with Crippen molar-refractivity contribution in [3.8, 4) is 5.75 Å². The summed E-state index contributed by atoms with van der Waals surface area (Å²) in [7, 11) is 0. The number of aromatic hydroxyl groups is 1. The van der Waals surface area contributed by atoms with Crippen LogP contribution in [0.4, 0.5) is 8.78 Å². The molecule has 0 aliphatic heterocycles. The molecule has 0 unspecified atom stereocenters. The second-order valence-electron chi connectivity index (χ2n) is 2.69. The zero-order valence-electron chi connectivity index (χ0n) is 7.25. The Bertz CT molecular complexity index is 398. The SMILES string of the molecule is O=C(O)Cc1c(C(F)F)ncc(O)c1Cl. The highest BCUT2D eigenvalue weighted by Crippen LogP contribution is 2.32. The van der Waals surface area contributed by atoms with Crippen LogP contribution in [0.5, 0.6) is 5.75 Å². The predicted octanol–water partition coefficient (Wildman–Crippen LogP) is 2.01. The summed E-state index contributed by atoms with van der Waals surface area (Å²) in [6, 6.07) is 0. The van der Waals surface area contributed by atoms with E-state index < -0.39 is 35.3 Å². The molecule has 15 heavy (non-hydrogen) atoms. The number of pyridine rings is 1. The van der Waals surface area contributed by atoms with Crippen molar-refractivity contribution in [1.82, 2.24) is 4.98 Å². The van der Waals surface area contributed by atoms with E-state index in [0.717, 1.165) is 6.20 Å². The third-order valence-electron chi connectivity index (χ3n) is 1.66. The summed E-state index contributed by atoms with van der Waals surface area (Å²) < 4.78 is 24.8. The Morgan fingerprint density at radius 2 is 2.20 bits per heavy atom.